The van der Waals surface area contributed by atoms with Gasteiger partial charge in [-0.25, -0.2) is 0 Å². The van der Waals surface area contributed by atoms with E-state index in [4.69, 9.17) is 0 Å². The van der Waals surface area contributed by atoms with E-state index >= 15 is 0 Å². The van der Waals surface area contributed by atoms with Crippen molar-refractivity contribution in [2.45, 2.75) is 13.0 Å². The minimum atomic E-state index is -6.57. The highest BCUT2D eigenvalue weighted by Crippen LogP contribution is 2.46. The molecular formula is C10H7BF12Si. The highest BCUT2D eigenvalue weighted by atomic mass is 28.1. The molecule has 24 heavy (non-hydrogen) atoms. The molecule has 0 aliphatic rings. The van der Waals surface area contributed by atoms with Gasteiger partial charge in [-0.3, -0.25) is 17.6 Å². The summed E-state index contributed by atoms with van der Waals surface area (Å²) >= 11 is 0. The lowest BCUT2D eigenvalue weighted by Crippen LogP contribution is -2.42. The molecule has 0 aromatic heterocycles. The van der Waals surface area contributed by atoms with E-state index in [1.807, 2.05) is 10.2 Å². The molecule has 0 aliphatic carbocycles. The van der Waals surface area contributed by atoms with Crippen LogP contribution in [0.5, 0.6) is 0 Å². The summed E-state index contributed by atoms with van der Waals surface area (Å²) in [5.41, 5.74) is -15.5. The van der Waals surface area contributed by atoms with Gasteiger partial charge in [-0.15, -0.1) is 0 Å². The predicted octanol–water partition coefficient (Wildman–Crippen LogP) is 5.96. The van der Waals surface area contributed by atoms with Crippen LogP contribution < -0.4 is 0 Å². The van der Waals surface area contributed by atoms with Gasteiger partial charge in [-0.05, 0) is 6.92 Å². The third kappa shape index (κ3) is 5.21. The first-order valence-corrected chi connectivity index (χ1v) is 6.63. The summed E-state index contributed by atoms with van der Waals surface area (Å²) in [5.74, 6) is 0. The van der Waals surface area contributed by atoms with Gasteiger partial charge in [0.25, 0.3) is 40.7 Å². The molecule has 0 bridgehead atoms. The summed E-state index contributed by atoms with van der Waals surface area (Å²) in [7, 11) is 1.97. The van der Waals surface area contributed by atoms with Crippen molar-refractivity contribution in [3.8, 4) is 0 Å². The van der Waals surface area contributed by atoms with Crippen LogP contribution in [-0.2, 0) is 0 Å². The van der Waals surface area contributed by atoms with E-state index in [-0.39, 0.29) is 0 Å². The second-order valence-corrected chi connectivity index (χ2v) is 4.80. The summed E-state index contributed by atoms with van der Waals surface area (Å²) in [6.45, 7) is 2.14. The fourth-order valence-electron chi connectivity index (χ4n) is 1.32. The Labute approximate surface area is 130 Å². The van der Waals surface area contributed by atoms with E-state index in [0.29, 0.717) is 0 Å². The highest BCUT2D eigenvalue weighted by Gasteiger charge is 2.51. The molecule has 0 unspecified atom stereocenters. The van der Waals surface area contributed by atoms with Crippen molar-refractivity contribution < 1.29 is 52.7 Å². The summed E-state index contributed by atoms with van der Waals surface area (Å²) in [4.78, 5) is 0. The average molecular weight is 394 g/mol. The Morgan fingerprint density at radius 2 is 0.667 bits per heavy atom. The predicted molar refractivity (Wildman–Crippen MR) is 66.2 cm³/mol. The molecule has 0 rings (SSSR count). The summed E-state index contributed by atoms with van der Waals surface area (Å²) in [6, 6.07) is 1.28. The monoisotopic (exact) mass is 394 g/mol. The van der Waals surface area contributed by atoms with E-state index in [2.05, 4.69) is 6.92 Å². The van der Waals surface area contributed by atoms with Gasteiger partial charge >= 0.3 is 0 Å². The third-order valence-electron chi connectivity index (χ3n) is 2.24. The first kappa shape index (κ1) is 24.7. The third-order valence-corrected chi connectivity index (χ3v) is 2.24. The lowest BCUT2D eigenvalue weighted by Gasteiger charge is -2.32. The second kappa shape index (κ2) is 10.3. The van der Waals surface area contributed by atoms with Crippen molar-refractivity contribution in [2.75, 3.05) is 0 Å². The van der Waals surface area contributed by atoms with Gasteiger partial charge in [0, 0.05) is 22.9 Å². The largest absolute Gasteiger partial charge is 0.283 e. The summed E-state index contributed by atoms with van der Waals surface area (Å²) in [5, 5.41) is 0. The zero-order valence-corrected chi connectivity index (χ0v) is 12.9. The molecular weight excluding hydrogens is 387 g/mol. The summed E-state index contributed by atoms with van der Waals surface area (Å²) < 4.78 is 148. The Bertz CT molecular complexity index is 461. The Morgan fingerprint density at radius 3 is 0.750 bits per heavy atom. The Kier molecular flexibility index (Phi) is 10.6. The molecule has 14 heteroatoms. The molecule has 0 fully saturated rings. The van der Waals surface area contributed by atoms with Crippen LogP contribution in [-0.4, -0.2) is 16.4 Å². The number of rotatable bonds is 4. The molecule has 0 N–H and O–H groups in total. The quantitative estimate of drug-likeness (QED) is 0.408. The molecule has 0 atom stereocenters. The van der Waals surface area contributed by atoms with Crippen LogP contribution in [0, 0.1) is 0 Å². The molecule has 0 aliphatic heterocycles. The molecule has 0 spiro atoms. The normalized spacial score (nSPS) is 10.2. The Hall–Kier alpha value is -1.60. The van der Waals surface area contributed by atoms with Crippen LogP contribution in [0.4, 0.5) is 52.7 Å². The van der Waals surface area contributed by atoms with Crippen molar-refractivity contribution in [3.63, 3.8) is 0 Å². The highest BCUT2D eigenvalue weighted by molar-refractivity contribution is 7.02. The first-order valence-electron chi connectivity index (χ1n) is 5.63. The fraction of sp³-hybridized carbons (Fsp3) is 0.200. The minimum Gasteiger partial charge on any atom is -0.251 e. The fourth-order valence-corrected chi connectivity index (χ4v) is 1.32. The molecule has 0 saturated heterocycles. The van der Waals surface area contributed by atoms with Gasteiger partial charge in [0.05, 0.1) is 6.04 Å². The zero-order chi connectivity index (χ0) is 19.8. The van der Waals surface area contributed by atoms with Crippen LogP contribution in [0.1, 0.15) is 6.92 Å². The van der Waals surface area contributed by atoms with Gasteiger partial charge in [-0.1, -0.05) is 0 Å². The van der Waals surface area contributed by atoms with Crippen molar-refractivity contribution >= 4 is 16.4 Å². The van der Waals surface area contributed by atoms with E-state index in [1.165, 1.54) is 6.04 Å². The van der Waals surface area contributed by atoms with Crippen LogP contribution in [0.15, 0.2) is 47.2 Å². The molecule has 138 valence electrons. The molecule has 0 aromatic carbocycles. The van der Waals surface area contributed by atoms with Gasteiger partial charge in [-0.2, -0.15) is 35.1 Å². The van der Waals surface area contributed by atoms with Crippen molar-refractivity contribution in [3.05, 3.63) is 47.2 Å². The SMILES string of the molecule is CC[SiH2+].FC(F)=C(F)[B-](C(F)=C(F)F)(C(F)=C(F)F)C(F)=C(F)F. The van der Waals surface area contributed by atoms with Gasteiger partial charge < -0.3 is 0 Å². The molecule has 0 nitrogen and oxygen atoms in total. The van der Waals surface area contributed by atoms with Crippen LogP contribution >= 0.6 is 0 Å². The van der Waals surface area contributed by atoms with Crippen LogP contribution in [0.3, 0.4) is 0 Å². The van der Waals surface area contributed by atoms with Crippen molar-refractivity contribution in [1.29, 1.82) is 0 Å². The van der Waals surface area contributed by atoms with Gasteiger partial charge in [0.2, 0.25) is 0 Å². The van der Waals surface area contributed by atoms with E-state index in [9.17, 15) is 52.7 Å². The van der Waals surface area contributed by atoms with Crippen LogP contribution in [0.2, 0.25) is 6.04 Å². The molecule has 0 radical (unpaired) electrons. The number of hydrogen-bond acceptors (Lipinski definition) is 0. The molecule has 0 amide bonds. The molecule has 0 heterocycles. The smallest absolute Gasteiger partial charge is 0.251 e. The maximum atomic E-state index is 13.0. The second-order valence-electron chi connectivity index (χ2n) is 3.80. The summed E-state index contributed by atoms with van der Waals surface area (Å²) in [6.07, 6.45) is -22.4. The van der Waals surface area contributed by atoms with Crippen molar-refractivity contribution in [1.82, 2.24) is 0 Å². The zero-order valence-electron chi connectivity index (χ0n) is 11.5. The van der Waals surface area contributed by atoms with E-state index < -0.39 is 53.4 Å². The van der Waals surface area contributed by atoms with Gasteiger partial charge in [0.1, 0.15) is 0 Å². The van der Waals surface area contributed by atoms with E-state index in [0.717, 1.165) is 0 Å². The molecule has 0 aromatic rings. The maximum absolute atomic E-state index is 13.0. The topological polar surface area (TPSA) is 0 Å². The first-order chi connectivity index (χ1) is 10.8. The molecule has 0 saturated carbocycles. The van der Waals surface area contributed by atoms with Gasteiger partial charge in [0.15, 0.2) is 0 Å². The van der Waals surface area contributed by atoms with Crippen molar-refractivity contribution in [2.24, 2.45) is 0 Å². The lowest BCUT2D eigenvalue weighted by atomic mass is 9.21. The maximum Gasteiger partial charge on any atom is 0.283 e. The standard InChI is InChI=1S/C8BF12.C2H7Si/c10-1(5(14)15)9(2(11)6(16)17,3(12)7(18)19)4(13)8(20)21;1-2-3/h;2-3H2,1H3/q-1;+1. The van der Waals surface area contributed by atoms with E-state index in [1.54, 1.807) is 0 Å². The number of hydrogen-bond donors (Lipinski definition) is 0. The average Bonchev–Trinajstić information content (AvgIpc) is 2.47. The lowest BCUT2D eigenvalue weighted by molar-refractivity contribution is 0.364. The Balaban J connectivity index is 0. The minimum absolute atomic E-state index is 1.28. The Morgan fingerprint density at radius 1 is 0.542 bits per heavy atom. The number of halogens is 12. The van der Waals surface area contributed by atoms with Crippen LogP contribution in [0.25, 0.3) is 0 Å².